The fraction of sp³-hybridized carbons (Fsp3) is 0.105. The van der Waals surface area contributed by atoms with Crippen molar-refractivity contribution in [3.05, 3.63) is 70.0 Å². The summed E-state index contributed by atoms with van der Waals surface area (Å²) < 4.78 is 19.8. The molecule has 4 rings (SSSR count). The van der Waals surface area contributed by atoms with E-state index in [1.54, 1.807) is 6.07 Å². The summed E-state index contributed by atoms with van der Waals surface area (Å²) in [6.45, 7) is 1.84. The molecule has 0 saturated heterocycles. The third kappa shape index (κ3) is 2.90. The Morgan fingerprint density at radius 2 is 2.04 bits per heavy atom. The predicted molar refractivity (Wildman–Crippen MR) is 98.9 cm³/mol. The molecular formula is C19H13ClFNO2S. The van der Waals surface area contributed by atoms with Crippen molar-refractivity contribution in [3.8, 4) is 0 Å². The summed E-state index contributed by atoms with van der Waals surface area (Å²) >= 11 is 7.48. The summed E-state index contributed by atoms with van der Waals surface area (Å²) in [5, 5.41) is 4.89. The van der Waals surface area contributed by atoms with E-state index < -0.39 is 0 Å². The van der Waals surface area contributed by atoms with E-state index in [4.69, 9.17) is 16.0 Å². The van der Waals surface area contributed by atoms with Crippen molar-refractivity contribution in [2.75, 3.05) is 0 Å². The van der Waals surface area contributed by atoms with Crippen molar-refractivity contribution in [2.45, 2.75) is 13.0 Å². The second-order valence-electron chi connectivity index (χ2n) is 5.77. The van der Waals surface area contributed by atoms with Gasteiger partial charge >= 0.3 is 0 Å². The second kappa shape index (κ2) is 6.17. The van der Waals surface area contributed by atoms with Gasteiger partial charge in [0, 0.05) is 15.5 Å². The highest BCUT2D eigenvalue weighted by Crippen LogP contribution is 2.36. The van der Waals surface area contributed by atoms with Gasteiger partial charge in [0.15, 0.2) is 0 Å². The van der Waals surface area contributed by atoms with Crippen LogP contribution in [0.15, 0.2) is 52.9 Å². The molecule has 1 unspecified atom stereocenters. The van der Waals surface area contributed by atoms with Crippen LogP contribution in [-0.4, -0.2) is 5.91 Å². The fourth-order valence-corrected chi connectivity index (χ4v) is 4.18. The molecule has 4 aromatic rings. The standard InChI is InChI=1S/C19H13ClFNO2S/c1-10(15-8-11-4-2-3-5-14(11)24-15)22-19(23)18-17(20)13-7-6-12(21)9-16(13)25-18/h2-10H,1H3,(H,22,23). The van der Waals surface area contributed by atoms with Gasteiger partial charge in [-0.15, -0.1) is 11.3 Å². The highest BCUT2D eigenvalue weighted by molar-refractivity contribution is 7.21. The van der Waals surface area contributed by atoms with Crippen LogP contribution in [0.2, 0.25) is 5.02 Å². The van der Waals surface area contributed by atoms with Crippen molar-refractivity contribution >= 4 is 49.9 Å². The van der Waals surface area contributed by atoms with Crippen LogP contribution < -0.4 is 5.32 Å². The first kappa shape index (κ1) is 16.1. The Kier molecular flexibility index (Phi) is 3.98. The summed E-state index contributed by atoms with van der Waals surface area (Å²) in [5.74, 6) is 0.00501. The van der Waals surface area contributed by atoms with Crippen molar-refractivity contribution in [3.63, 3.8) is 0 Å². The van der Waals surface area contributed by atoms with Gasteiger partial charge in [-0.3, -0.25) is 4.79 Å². The van der Waals surface area contributed by atoms with Gasteiger partial charge in [-0.1, -0.05) is 29.8 Å². The fourth-order valence-electron chi connectivity index (χ4n) is 2.73. The number of furan rings is 1. The number of hydrogen-bond donors (Lipinski definition) is 1. The van der Waals surface area contributed by atoms with Gasteiger partial charge in [-0.2, -0.15) is 0 Å². The lowest BCUT2D eigenvalue weighted by Gasteiger charge is -2.10. The minimum atomic E-state index is -0.354. The number of amides is 1. The number of para-hydroxylation sites is 1. The van der Waals surface area contributed by atoms with Gasteiger partial charge in [0.2, 0.25) is 0 Å². The third-order valence-corrected chi connectivity index (χ3v) is 5.67. The molecule has 2 heterocycles. The van der Waals surface area contributed by atoms with Gasteiger partial charge in [0.25, 0.3) is 5.91 Å². The van der Waals surface area contributed by atoms with E-state index in [9.17, 15) is 9.18 Å². The molecule has 25 heavy (non-hydrogen) atoms. The Balaban J connectivity index is 1.62. The molecule has 2 aromatic carbocycles. The van der Waals surface area contributed by atoms with Crippen molar-refractivity contribution in [1.29, 1.82) is 0 Å². The molecule has 0 aliphatic heterocycles. The number of hydrogen-bond acceptors (Lipinski definition) is 3. The highest BCUT2D eigenvalue weighted by Gasteiger charge is 2.21. The topological polar surface area (TPSA) is 42.2 Å². The summed E-state index contributed by atoms with van der Waals surface area (Å²) in [4.78, 5) is 13.0. The number of carbonyl (C=O) groups excluding carboxylic acids is 1. The van der Waals surface area contributed by atoms with Gasteiger partial charge in [0.1, 0.15) is 22.0 Å². The SMILES string of the molecule is CC(NC(=O)c1sc2cc(F)ccc2c1Cl)c1cc2ccccc2o1. The molecule has 6 heteroatoms. The van der Waals surface area contributed by atoms with Gasteiger partial charge in [-0.25, -0.2) is 4.39 Å². The summed E-state index contributed by atoms with van der Waals surface area (Å²) in [7, 11) is 0. The van der Waals surface area contributed by atoms with Crippen LogP contribution in [0.3, 0.4) is 0 Å². The average Bonchev–Trinajstić information content (AvgIpc) is 3.16. The molecule has 1 N–H and O–H groups in total. The zero-order valence-electron chi connectivity index (χ0n) is 13.2. The average molecular weight is 374 g/mol. The molecule has 0 saturated carbocycles. The predicted octanol–water partition coefficient (Wildman–Crippen LogP) is 5.93. The van der Waals surface area contributed by atoms with E-state index in [2.05, 4.69) is 5.32 Å². The van der Waals surface area contributed by atoms with Crippen molar-refractivity contribution < 1.29 is 13.6 Å². The van der Waals surface area contributed by atoms with Gasteiger partial charge in [-0.05, 0) is 37.3 Å². The molecule has 0 spiro atoms. The first-order chi connectivity index (χ1) is 12.0. The minimum Gasteiger partial charge on any atom is -0.459 e. The van der Waals surface area contributed by atoms with E-state index in [0.29, 0.717) is 25.7 Å². The van der Waals surface area contributed by atoms with Crippen LogP contribution in [0, 0.1) is 5.82 Å². The molecule has 1 amide bonds. The largest absolute Gasteiger partial charge is 0.459 e. The van der Waals surface area contributed by atoms with Gasteiger partial charge < -0.3 is 9.73 Å². The molecule has 2 aromatic heterocycles. The lowest BCUT2D eigenvalue weighted by atomic mass is 10.2. The zero-order chi connectivity index (χ0) is 17.6. The van der Waals surface area contributed by atoms with E-state index >= 15 is 0 Å². The van der Waals surface area contributed by atoms with Crippen LogP contribution in [0.1, 0.15) is 28.4 Å². The number of fused-ring (bicyclic) bond motifs is 2. The third-order valence-electron chi connectivity index (χ3n) is 4.02. The first-order valence-electron chi connectivity index (χ1n) is 7.70. The monoisotopic (exact) mass is 373 g/mol. The summed E-state index contributed by atoms with van der Waals surface area (Å²) in [6, 6.07) is 13.5. The number of nitrogens with one attached hydrogen (secondary N) is 1. The Labute approximate surface area is 152 Å². The summed E-state index contributed by atoms with van der Waals surface area (Å²) in [5.41, 5.74) is 0.772. The van der Waals surface area contributed by atoms with Crippen LogP contribution >= 0.6 is 22.9 Å². The van der Waals surface area contributed by atoms with E-state index in [1.807, 2.05) is 37.3 Å². The van der Waals surface area contributed by atoms with Crippen molar-refractivity contribution in [1.82, 2.24) is 5.32 Å². The molecule has 0 aliphatic carbocycles. The lowest BCUT2D eigenvalue weighted by molar-refractivity contribution is 0.0940. The molecule has 1 atom stereocenters. The Hall–Kier alpha value is -2.37. The normalized spacial score (nSPS) is 12.6. The van der Waals surface area contributed by atoms with E-state index in [1.165, 1.54) is 23.5 Å². The Morgan fingerprint density at radius 3 is 2.84 bits per heavy atom. The number of thiophene rings is 1. The number of carbonyl (C=O) groups is 1. The lowest BCUT2D eigenvalue weighted by Crippen LogP contribution is -2.25. The molecule has 0 bridgehead atoms. The van der Waals surface area contributed by atoms with Crippen molar-refractivity contribution in [2.24, 2.45) is 0 Å². The quantitative estimate of drug-likeness (QED) is 0.483. The molecule has 0 radical (unpaired) electrons. The van der Waals surface area contributed by atoms with Gasteiger partial charge in [0.05, 0.1) is 11.1 Å². The number of halogens is 2. The Bertz CT molecular complexity index is 1070. The highest BCUT2D eigenvalue weighted by atomic mass is 35.5. The number of benzene rings is 2. The number of rotatable bonds is 3. The first-order valence-corrected chi connectivity index (χ1v) is 8.89. The van der Waals surface area contributed by atoms with Crippen LogP contribution in [0.25, 0.3) is 21.1 Å². The molecule has 0 aliphatic rings. The summed E-state index contributed by atoms with van der Waals surface area (Å²) in [6.07, 6.45) is 0. The van der Waals surface area contributed by atoms with Crippen LogP contribution in [0.5, 0.6) is 0 Å². The molecule has 0 fully saturated rings. The molecule has 3 nitrogen and oxygen atoms in total. The second-order valence-corrected chi connectivity index (χ2v) is 7.20. The minimum absolute atomic E-state index is 0.306. The maximum atomic E-state index is 13.4. The van der Waals surface area contributed by atoms with Crippen LogP contribution in [0.4, 0.5) is 4.39 Å². The molecular weight excluding hydrogens is 361 g/mol. The van der Waals surface area contributed by atoms with E-state index in [0.717, 1.165) is 11.0 Å². The smallest absolute Gasteiger partial charge is 0.263 e. The molecule has 126 valence electrons. The maximum Gasteiger partial charge on any atom is 0.263 e. The zero-order valence-corrected chi connectivity index (χ0v) is 14.7. The van der Waals surface area contributed by atoms with Crippen LogP contribution in [-0.2, 0) is 0 Å². The van der Waals surface area contributed by atoms with E-state index in [-0.39, 0.29) is 17.8 Å². The maximum absolute atomic E-state index is 13.4. The Morgan fingerprint density at radius 1 is 1.24 bits per heavy atom.